The van der Waals surface area contributed by atoms with Crippen LogP contribution < -0.4 is 4.57 Å². The summed E-state index contributed by atoms with van der Waals surface area (Å²) in [6.45, 7) is 5.78. The maximum absolute atomic E-state index is 2.55. The highest BCUT2D eigenvalue weighted by molar-refractivity contribution is 5.31. The van der Waals surface area contributed by atoms with Gasteiger partial charge in [0.2, 0.25) is 0 Å². The van der Waals surface area contributed by atoms with Crippen molar-refractivity contribution in [2.45, 2.75) is 174 Å². The molecular weight excluding hydrogens is 460 g/mol. The SMILES string of the molecule is CCCCCCCCCCCCCCC[n+]1ccn(-c2ccccc2)c1CCCCCCCCCCCC. The van der Waals surface area contributed by atoms with Crippen molar-refractivity contribution in [3.8, 4) is 5.69 Å². The summed E-state index contributed by atoms with van der Waals surface area (Å²) in [5, 5.41) is 0. The molecule has 0 aliphatic rings. The Labute approximate surface area is 237 Å². The smallest absolute Gasteiger partial charge is 0.234 e. The van der Waals surface area contributed by atoms with Crippen molar-refractivity contribution in [1.29, 1.82) is 0 Å². The van der Waals surface area contributed by atoms with Gasteiger partial charge in [-0.1, -0.05) is 160 Å². The second-order valence-electron chi connectivity index (χ2n) is 11.8. The lowest BCUT2D eigenvalue weighted by Gasteiger charge is -2.07. The van der Waals surface area contributed by atoms with Gasteiger partial charge in [-0.05, 0) is 31.4 Å². The summed E-state index contributed by atoms with van der Waals surface area (Å²) in [4.78, 5) is 0. The molecule has 2 nitrogen and oxygen atoms in total. The van der Waals surface area contributed by atoms with Crippen LogP contribution >= 0.6 is 0 Å². The summed E-state index contributed by atoms with van der Waals surface area (Å²) in [5.74, 6) is 1.50. The van der Waals surface area contributed by atoms with E-state index >= 15 is 0 Å². The van der Waals surface area contributed by atoms with Gasteiger partial charge in [-0.2, -0.15) is 4.57 Å². The average molecular weight is 524 g/mol. The summed E-state index contributed by atoms with van der Waals surface area (Å²) < 4.78 is 5.00. The van der Waals surface area contributed by atoms with Crippen molar-refractivity contribution < 1.29 is 4.57 Å². The van der Waals surface area contributed by atoms with Gasteiger partial charge in [-0.15, -0.1) is 0 Å². The van der Waals surface area contributed by atoms with Crippen molar-refractivity contribution in [2.24, 2.45) is 0 Å². The molecule has 0 aliphatic heterocycles. The molecule has 0 N–H and O–H groups in total. The Morgan fingerprint density at radius 2 is 0.921 bits per heavy atom. The summed E-state index contributed by atoms with van der Waals surface area (Å²) in [6, 6.07) is 10.9. The minimum absolute atomic E-state index is 1.17. The maximum Gasteiger partial charge on any atom is 0.261 e. The van der Waals surface area contributed by atoms with Crippen LogP contribution in [-0.4, -0.2) is 4.57 Å². The Hall–Kier alpha value is -1.57. The molecule has 2 aromatic rings. The zero-order valence-corrected chi connectivity index (χ0v) is 25.6. The van der Waals surface area contributed by atoms with E-state index in [1.165, 1.54) is 172 Å². The zero-order valence-electron chi connectivity index (χ0n) is 25.6. The van der Waals surface area contributed by atoms with E-state index in [1.807, 2.05) is 0 Å². The number of aromatic nitrogens is 2. The molecule has 0 aliphatic carbocycles. The zero-order chi connectivity index (χ0) is 26.9. The van der Waals surface area contributed by atoms with Gasteiger partial charge in [0.25, 0.3) is 5.82 Å². The van der Waals surface area contributed by atoms with Crippen molar-refractivity contribution in [1.82, 2.24) is 4.57 Å². The molecule has 0 spiro atoms. The van der Waals surface area contributed by atoms with Gasteiger partial charge < -0.3 is 0 Å². The molecule has 0 amide bonds. The lowest BCUT2D eigenvalue weighted by Crippen LogP contribution is -2.37. The van der Waals surface area contributed by atoms with Gasteiger partial charge in [0.15, 0.2) is 0 Å². The first-order valence-corrected chi connectivity index (χ1v) is 17.0. The second-order valence-corrected chi connectivity index (χ2v) is 11.8. The number of para-hydroxylation sites is 1. The first-order valence-electron chi connectivity index (χ1n) is 17.0. The molecule has 0 radical (unpaired) electrons. The average Bonchev–Trinajstić information content (AvgIpc) is 3.35. The monoisotopic (exact) mass is 523 g/mol. The summed E-state index contributed by atoms with van der Waals surface area (Å²) in [7, 11) is 0. The molecule has 0 atom stereocenters. The summed E-state index contributed by atoms with van der Waals surface area (Å²) in [6.07, 6.45) is 38.3. The van der Waals surface area contributed by atoms with Crippen LogP contribution in [0.3, 0.4) is 0 Å². The van der Waals surface area contributed by atoms with Gasteiger partial charge >= 0.3 is 0 Å². The van der Waals surface area contributed by atoms with E-state index in [1.54, 1.807) is 0 Å². The van der Waals surface area contributed by atoms with Crippen LogP contribution in [0.4, 0.5) is 0 Å². The van der Waals surface area contributed by atoms with Crippen LogP contribution in [0.25, 0.3) is 5.69 Å². The van der Waals surface area contributed by atoms with E-state index < -0.39 is 0 Å². The number of rotatable bonds is 26. The highest BCUT2D eigenvalue weighted by Crippen LogP contribution is 2.16. The lowest BCUT2D eigenvalue weighted by atomic mass is 10.0. The molecule has 0 saturated carbocycles. The third-order valence-corrected chi connectivity index (χ3v) is 8.30. The highest BCUT2D eigenvalue weighted by Gasteiger charge is 2.18. The van der Waals surface area contributed by atoms with Crippen LogP contribution in [-0.2, 0) is 13.0 Å². The standard InChI is InChI=1S/C36H63N2/c1-3-5-7-9-11-13-15-16-17-19-21-23-28-32-37-33-34-38(35-29-25-24-26-30-35)36(37)31-27-22-20-18-14-12-10-8-6-4-2/h24-26,29-30,33-34H,3-23,27-28,31-32H2,1-2H3/q+1. The topological polar surface area (TPSA) is 8.81 Å². The summed E-state index contributed by atoms with van der Waals surface area (Å²) in [5.41, 5.74) is 1.30. The van der Waals surface area contributed by atoms with Crippen LogP contribution in [0.2, 0.25) is 0 Å². The summed E-state index contributed by atoms with van der Waals surface area (Å²) >= 11 is 0. The van der Waals surface area contributed by atoms with Crippen molar-refractivity contribution in [3.63, 3.8) is 0 Å². The molecule has 0 unspecified atom stereocenters. The van der Waals surface area contributed by atoms with E-state index in [-0.39, 0.29) is 0 Å². The molecule has 2 rings (SSSR count). The fraction of sp³-hybridized carbons (Fsp3) is 0.750. The van der Waals surface area contributed by atoms with Crippen LogP contribution in [0, 0.1) is 0 Å². The fourth-order valence-corrected chi connectivity index (χ4v) is 5.82. The van der Waals surface area contributed by atoms with Gasteiger partial charge in [0.05, 0.1) is 6.54 Å². The fourth-order valence-electron chi connectivity index (χ4n) is 5.82. The molecule has 0 bridgehead atoms. The number of unbranched alkanes of at least 4 members (excludes halogenated alkanes) is 21. The Bertz CT molecular complexity index is 763. The lowest BCUT2D eigenvalue weighted by molar-refractivity contribution is -0.704. The molecule has 216 valence electrons. The second kappa shape index (κ2) is 23.3. The van der Waals surface area contributed by atoms with E-state index in [9.17, 15) is 0 Å². The van der Waals surface area contributed by atoms with E-state index in [4.69, 9.17) is 0 Å². The molecule has 1 aromatic carbocycles. The first-order chi connectivity index (χ1) is 18.9. The Kier molecular flexibility index (Phi) is 20.0. The van der Waals surface area contributed by atoms with Crippen LogP contribution in [0.5, 0.6) is 0 Å². The maximum atomic E-state index is 2.55. The number of hydrogen-bond acceptors (Lipinski definition) is 0. The Morgan fingerprint density at radius 1 is 0.500 bits per heavy atom. The molecular formula is C36H63N2+. The molecule has 38 heavy (non-hydrogen) atoms. The van der Waals surface area contributed by atoms with Gasteiger partial charge in [0.1, 0.15) is 18.1 Å². The Morgan fingerprint density at radius 3 is 1.39 bits per heavy atom. The minimum Gasteiger partial charge on any atom is -0.234 e. The van der Waals surface area contributed by atoms with Gasteiger partial charge in [-0.25, -0.2) is 4.57 Å². The van der Waals surface area contributed by atoms with E-state index in [0.717, 1.165) is 0 Å². The van der Waals surface area contributed by atoms with Crippen molar-refractivity contribution >= 4 is 0 Å². The van der Waals surface area contributed by atoms with Crippen LogP contribution in [0.15, 0.2) is 42.7 Å². The van der Waals surface area contributed by atoms with E-state index in [0.29, 0.717) is 0 Å². The predicted octanol–water partition coefficient (Wildman–Crippen LogP) is 11.3. The number of aryl methyl sites for hydroxylation is 1. The Balaban J connectivity index is 1.64. The molecule has 0 saturated heterocycles. The van der Waals surface area contributed by atoms with Gasteiger partial charge in [0, 0.05) is 6.42 Å². The molecule has 0 fully saturated rings. The molecule has 1 heterocycles. The normalized spacial score (nSPS) is 11.4. The third kappa shape index (κ3) is 15.1. The van der Waals surface area contributed by atoms with E-state index in [2.05, 4.69) is 65.7 Å². The van der Waals surface area contributed by atoms with Crippen molar-refractivity contribution in [3.05, 3.63) is 48.5 Å². The predicted molar refractivity (Wildman–Crippen MR) is 167 cm³/mol. The quantitative estimate of drug-likeness (QED) is 0.0856. The molecule has 1 aromatic heterocycles. The number of hydrogen-bond donors (Lipinski definition) is 0. The van der Waals surface area contributed by atoms with Crippen molar-refractivity contribution in [2.75, 3.05) is 0 Å². The molecule has 2 heteroatoms. The number of nitrogens with zero attached hydrogens (tertiary/aromatic N) is 2. The van der Waals surface area contributed by atoms with Gasteiger partial charge in [-0.3, -0.25) is 0 Å². The minimum atomic E-state index is 1.17. The first kappa shape index (κ1) is 32.6. The van der Waals surface area contributed by atoms with Crippen LogP contribution in [0.1, 0.15) is 167 Å². The highest BCUT2D eigenvalue weighted by atomic mass is 15.1. The number of imidazole rings is 1. The number of benzene rings is 1. The largest absolute Gasteiger partial charge is 0.261 e. The third-order valence-electron chi connectivity index (χ3n) is 8.30.